The third kappa shape index (κ3) is 25.4. The fourth-order valence-corrected chi connectivity index (χ4v) is 4.20. The van der Waals surface area contributed by atoms with Crippen molar-refractivity contribution in [1.82, 2.24) is 4.90 Å². The maximum absolute atomic E-state index is 10.5. The van der Waals surface area contributed by atoms with Crippen molar-refractivity contribution in [3.63, 3.8) is 0 Å². The van der Waals surface area contributed by atoms with Gasteiger partial charge in [0.25, 0.3) is 0 Å². The highest BCUT2D eigenvalue weighted by molar-refractivity contribution is 5.66. The number of hydrogen-bond acceptors (Lipinski definition) is 3. The molecular formula is C28H55NO3. The second-order valence-electron chi connectivity index (χ2n) is 9.41. The Labute approximate surface area is 199 Å². The van der Waals surface area contributed by atoms with Crippen LogP contribution < -0.4 is 0 Å². The van der Waals surface area contributed by atoms with E-state index in [-0.39, 0.29) is 6.61 Å². The summed E-state index contributed by atoms with van der Waals surface area (Å²) in [4.78, 5) is 12.9. The normalized spacial score (nSPS) is 11.7. The Balaban J connectivity index is 3.44. The second kappa shape index (κ2) is 26.4. The van der Waals surface area contributed by atoms with Gasteiger partial charge < -0.3 is 15.1 Å². The van der Waals surface area contributed by atoms with Crippen LogP contribution in [0, 0.1) is 0 Å². The number of hydrogen-bond donors (Lipinski definition) is 2. The zero-order chi connectivity index (χ0) is 23.5. The lowest BCUT2D eigenvalue weighted by Gasteiger charge is -2.21. The van der Waals surface area contributed by atoms with Gasteiger partial charge in [-0.25, -0.2) is 0 Å². The van der Waals surface area contributed by atoms with Gasteiger partial charge in [0.2, 0.25) is 0 Å². The third-order valence-electron chi connectivity index (χ3n) is 6.27. The summed E-state index contributed by atoms with van der Waals surface area (Å²) in [6, 6.07) is 0. The standard InChI is InChI=1S/C28H55NO3/c1-2-3-4-5-6-7-8-9-10-11-12-13-14-15-18-21-24-29(26-27-30)25-22-19-16-17-20-23-28(31)32/h9-10,30H,2-8,11-27H2,1H3,(H,31,32). The van der Waals surface area contributed by atoms with E-state index in [2.05, 4.69) is 24.0 Å². The molecule has 0 bridgehead atoms. The molecule has 4 nitrogen and oxygen atoms in total. The van der Waals surface area contributed by atoms with E-state index in [1.54, 1.807) is 0 Å². The molecule has 0 atom stereocenters. The van der Waals surface area contributed by atoms with Crippen molar-refractivity contribution in [2.45, 2.75) is 135 Å². The molecule has 0 amide bonds. The van der Waals surface area contributed by atoms with Crippen LogP contribution in [0.2, 0.25) is 0 Å². The summed E-state index contributed by atoms with van der Waals surface area (Å²) in [7, 11) is 0. The van der Waals surface area contributed by atoms with E-state index in [9.17, 15) is 9.90 Å². The largest absolute Gasteiger partial charge is 0.481 e. The first-order valence-corrected chi connectivity index (χ1v) is 13.9. The van der Waals surface area contributed by atoms with Gasteiger partial charge in [-0.1, -0.05) is 96.1 Å². The number of aliphatic hydroxyl groups excluding tert-OH is 1. The van der Waals surface area contributed by atoms with E-state index in [1.165, 1.54) is 89.9 Å². The van der Waals surface area contributed by atoms with E-state index in [0.717, 1.165) is 51.7 Å². The van der Waals surface area contributed by atoms with Crippen LogP contribution in [0.25, 0.3) is 0 Å². The highest BCUT2D eigenvalue weighted by Gasteiger charge is 2.04. The Morgan fingerprint density at radius 3 is 1.53 bits per heavy atom. The summed E-state index contributed by atoms with van der Waals surface area (Å²) in [5, 5.41) is 17.9. The molecule has 0 aliphatic rings. The quantitative estimate of drug-likeness (QED) is 0.104. The number of carboxylic acid groups (broad SMARTS) is 1. The van der Waals surface area contributed by atoms with E-state index < -0.39 is 5.97 Å². The highest BCUT2D eigenvalue weighted by atomic mass is 16.4. The summed E-state index contributed by atoms with van der Waals surface area (Å²) in [6.07, 6.45) is 29.1. The Morgan fingerprint density at radius 1 is 0.625 bits per heavy atom. The van der Waals surface area contributed by atoms with Gasteiger partial charge in [0.05, 0.1) is 6.61 Å². The highest BCUT2D eigenvalue weighted by Crippen LogP contribution is 2.11. The molecular weight excluding hydrogens is 398 g/mol. The molecule has 0 aliphatic carbocycles. The molecule has 0 saturated heterocycles. The Kier molecular flexibility index (Phi) is 25.7. The monoisotopic (exact) mass is 453 g/mol. The molecule has 0 aromatic carbocycles. The second-order valence-corrected chi connectivity index (χ2v) is 9.41. The summed E-state index contributed by atoms with van der Waals surface area (Å²) in [5.74, 6) is -0.685. The van der Waals surface area contributed by atoms with Gasteiger partial charge in [0.15, 0.2) is 0 Å². The zero-order valence-electron chi connectivity index (χ0n) is 21.4. The minimum Gasteiger partial charge on any atom is -0.481 e. The Hall–Kier alpha value is -0.870. The first kappa shape index (κ1) is 31.1. The van der Waals surface area contributed by atoms with Crippen molar-refractivity contribution < 1.29 is 15.0 Å². The van der Waals surface area contributed by atoms with Crippen LogP contribution in [-0.4, -0.2) is 47.3 Å². The van der Waals surface area contributed by atoms with Crippen LogP contribution in [-0.2, 0) is 4.79 Å². The van der Waals surface area contributed by atoms with E-state index >= 15 is 0 Å². The minimum atomic E-state index is -0.685. The molecule has 0 aromatic heterocycles. The number of carbonyl (C=O) groups is 1. The zero-order valence-corrected chi connectivity index (χ0v) is 21.4. The third-order valence-corrected chi connectivity index (χ3v) is 6.27. The average Bonchev–Trinajstić information content (AvgIpc) is 2.77. The molecule has 0 radical (unpaired) electrons. The lowest BCUT2D eigenvalue weighted by molar-refractivity contribution is -0.137. The van der Waals surface area contributed by atoms with Crippen LogP contribution in [0.15, 0.2) is 12.2 Å². The SMILES string of the molecule is CCCCCCCCC=CCCCCCCCCN(CCO)CCCCCCCC(=O)O. The molecule has 190 valence electrons. The number of nitrogens with zero attached hydrogens (tertiary/aromatic N) is 1. The number of carboxylic acids is 1. The van der Waals surface area contributed by atoms with Crippen molar-refractivity contribution in [2.75, 3.05) is 26.2 Å². The number of unbranched alkanes of at least 4 members (excludes halogenated alkanes) is 16. The molecule has 32 heavy (non-hydrogen) atoms. The maximum atomic E-state index is 10.5. The molecule has 0 rings (SSSR count). The molecule has 0 aliphatic heterocycles. The molecule has 4 heteroatoms. The summed E-state index contributed by atoms with van der Waals surface area (Å²) in [5.41, 5.74) is 0. The van der Waals surface area contributed by atoms with E-state index in [0.29, 0.717) is 6.42 Å². The Bertz CT molecular complexity index is 411. The predicted octanol–water partition coefficient (Wildman–Crippen LogP) is 7.74. The molecule has 0 spiro atoms. The molecule has 0 fully saturated rings. The predicted molar refractivity (Wildman–Crippen MR) is 138 cm³/mol. The smallest absolute Gasteiger partial charge is 0.303 e. The van der Waals surface area contributed by atoms with Gasteiger partial charge in [-0.2, -0.15) is 0 Å². The van der Waals surface area contributed by atoms with Crippen molar-refractivity contribution in [2.24, 2.45) is 0 Å². The summed E-state index contributed by atoms with van der Waals surface area (Å²) >= 11 is 0. The van der Waals surface area contributed by atoms with Crippen LogP contribution in [0.3, 0.4) is 0 Å². The first-order valence-electron chi connectivity index (χ1n) is 13.9. The first-order chi connectivity index (χ1) is 15.7. The number of rotatable bonds is 26. The van der Waals surface area contributed by atoms with Gasteiger partial charge in [0, 0.05) is 13.0 Å². The summed E-state index contributed by atoms with van der Waals surface area (Å²) < 4.78 is 0. The topological polar surface area (TPSA) is 60.8 Å². The van der Waals surface area contributed by atoms with Crippen LogP contribution in [0.4, 0.5) is 0 Å². The molecule has 2 N–H and O–H groups in total. The lowest BCUT2D eigenvalue weighted by atomic mass is 10.1. The van der Waals surface area contributed by atoms with Gasteiger partial charge in [-0.3, -0.25) is 4.79 Å². The molecule has 0 heterocycles. The Morgan fingerprint density at radius 2 is 1.06 bits per heavy atom. The fraction of sp³-hybridized carbons (Fsp3) is 0.893. The van der Waals surface area contributed by atoms with E-state index in [1.807, 2.05) is 0 Å². The van der Waals surface area contributed by atoms with Crippen molar-refractivity contribution in [1.29, 1.82) is 0 Å². The van der Waals surface area contributed by atoms with E-state index in [4.69, 9.17) is 5.11 Å². The number of aliphatic carboxylic acids is 1. The van der Waals surface area contributed by atoms with Crippen LogP contribution >= 0.6 is 0 Å². The van der Waals surface area contributed by atoms with Gasteiger partial charge >= 0.3 is 5.97 Å². The minimum absolute atomic E-state index is 0.241. The van der Waals surface area contributed by atoms with Crippen molar-refractivity contribution in [3.05, 3.63) is 12.2 Å². The van der Waals surface area contributed by atoms with Crippen molar-refractivity contribution >= 4 is 5.97 Å². The van der Waals surface area contributed by atoms with Crippen LogP contribution in [0.5, 0.6) is 0 Å². The maximum Gasteiger partial charge on any atom is 0.303 e. The molecule has 0 saturated carbocycles. The number of aliphatic hydroxyl groups is 1. The lowest BCUT2D eigenvalue weighted by Crippen LogP contribution is -2.29. The van der Waals surface area contributed by atoms with Gasteiger partial charge in [-0.15, -0.1) is 0 Å². The van der Waals surface area contributed by atoms with Gasteiger partial charge in [-0.05, 0) is 58.0 Å². The van der Waals surface area contributed by atoms with Crippen molar-refractivity contribution in [3.8, 4) is 0 Å². The molecule has 0 aromatic rings. The fourth-order valence-electron chi connectivity index (χ4n) is 4.20. The number of allylic oxidation sites excluding steroid dienone is 2. The summed E-state index contributed by atoms with van der Waals surface area (Å²) in [6.45, 7) is 5.46. The van der Waals surface area contributed by atoms with Crippen LogP contribution in [0.1, 0.15) is 135 Å². The van der Waals surface area contributed by atoms with Gasteiger partial charge in [0.1, 0.15) is 0 Å². The molecule has 0 unspecified atom stereocenters. The average molecular weight is 454 g/mol.